The normalized spacial score (nSPS) is 17.3. The van der Waals surface area contributed by atoms with Gasteiger partial charge in [-0.25, -0.2) is 4.98 Å². The Morgan fingerprint density at radius 2 is 2.00 bits per heavy atom. The number of likely N-dealkylation sites (tertiary alicyclic amines) is 1. The third kappa shape index (κ3) is 4.79. The van der Waals surface area contributed by atoms with E-state index in [2.05, 4.69) is 10.3 Å². The van der Waals surface area contributed by atoms with E-state index in [9.17, 15) is 9.59 Å². The molecule has 1 N–H and O–H groups in total. The molecular weight excluding hydrogens is 326 g/mol. The summed E-state index contributed by atoms with van der Waals surface area (Å²) in [6, 6.07) is 13.4. The minimum atomic E-state index is -0.207. The molecule has 26 heavy (non-hydrogen) atoms. The second-order valence-corrected chi connectivity index (χ2v) is 6.58. The van der Waals surface area contributed by atoms with Crippen LogP contribution in [0.25, 0.3) is 6.08 Å². The molecule has 2 amide bonds. The number of benzene rings is 1. The number of piperidine rings is 1. The highest BCUT2D eigenvalue weighted by atomic mass is 16.2. The first kappa shape index (κ1) is 17.9. The van der Waals surface area contributed by atoms with Crippen LogP contribution in [0.3, 0.4) is 0 Å². The summed E-state index contributed by atoms with van der Waals surface area (Å²) >= 11 is 0. The molecule has 1 atom stereocenters. The molecule has 5 nitrogen and oxygen atoms in total. The number of anilines is 1. The lowest BCUT2D eigenvalue weighted by Gasteiger charge is -2.31. The largest absolute Gasteiger partial charge is 0.338 e. The first-order valence-electron chi connectivity index (χ1n) is 8.87. The zero-order valence-corrected chi connectivity index (χ0v) is 14.9. The molecule has 0 saturated carbocycles. The Kier molecular flexibility index (Phi) is 5.79. The Morgan fingerprint density at radius 3 is 2.73 bits per heavy atom. The van der Waals surface area contributed by atoms with Crippen molar-refractivity contribution in [1.29, 1.82) is 0 Å². The van der Waals surface area contributed by atoms with E-state index in [1.54, 1.807) is 23.2 Å². The SMILES string of the molecule is Cc1ccc(NC(=O)C2CCCN(C(=O)/C=C/c3ccccc3)C2)nc1. The van der Waals surface area contributed by atoms with Crippen molar-refractivity contribution >= 4 is 23.7 Å². The van der Waals surface area contributed by atoms with Crippen molar-refractivity contribution in [3.63, 3.8) is 0 Å². The molecule has 1 fully saturated rings. The van der Waals surface area contributed by atoms with Crippen LogP contribution in [0.15, 0.2) is 54.7 Å². The molecule has 2 heterocycles. The molecule has 134 valence electrons. The molecule has 1 saturated heterocycles. The quantitative estimate of drug-likeness (QED) is 0.862. The number of nitrogens with one attached hydrogen (secondary N) is 1. The molecule has 0 aliphatic carbocycles. The van der Waals surface area contributed by atoms with Crippen molar-refractivity contribution in [3.8, 4) is 0 Å². The third-order valence-corrected chi connectivity index (χ3v) is 4.48. The Bertz CT molecular complexity index is 785. The number of rotatable bonds is 4. The van der Waals surface area contributed by atoms with Crippen LogP contribution in [0, 0.1) is 12.8 Å². The summed E-state index contributed by atoms with van der Waals surface area (Å²) in [5, 5.41) is 2.85. The minimum Gasteiger partial charge on any atom is -0.338 e. The first-order chi connectivity index (χ1) is 12.6. The summed E-state index contributed by atoms with van der Waals surface area (Å²) in [7, 11) is 0. The highest BCUT2D eigenvalue weighted by Gasteiger charge is 2.27. The molecule has 1 aliphatic heterocycles. The zero-order valence-electron chi connectivity index (χ0n) is 14.9. The fraction of sp³-hybridized carbons (Fsp3) is 0.286. The van der Waals surface area contributed by atoms with Crippen molar-refractivity contribution in [2.45, 2.75) is 19.8 Å². The van der Waals surface area contributed by atoms with Crippen LogP contribution >= 0.6 is 0 Å². The second kappa shape index (κ2) is 8.43. The standard InChI is InChI=1S/C21H23N3O2/c1-16-9-11-19(22-14-16)23-21(26)18-8-5-13-24(15-18)20(25)12-10-17-6-3-2-4-7-17/h2-4,6-7,9-12,14,18H,5,8,13,15H2,1H3,(H,22,23,26)/b12-10+. The Hall–Kier alpha value is -2.95. The lowest BCUT2D eigenvalue weighted by molar-refractivity contribution is -0.130. The van der Waals surface area contributed by atoms with E-state index in [0.717, 1.165) is 24.0 Å². The number of hydrogen-bond donors (Lipinski definition) is 1. The fourth-order valence-corrected chi connectivity index (χ4v) is 3.00. The molecule has 2 aromatic rings. The van der Waals surface area contributed by atoms with Gasteiger partial charge in [0.25, 0.3) is 0 Å². The summed E-state index contributed by atoms with van der Waals surface area (Å²) in [6.07, 6.45) is 6.72. The van der Waals surface area contributed by atoms with E-state index in [0.29, 0.717) is 18.9 Å². The topological polar surface area (TPSA) is 62.3 Å². The highest BCUT2D eigenvalue weighted by Crippen LogP contribution is 2.19. The molecule has 0 spiro atoms. The van der Waals surface area contributed by atoms with Gasteiger partial charge in [-0.05, 0) is 43.0 Å². The Morgan fingerprint density at radius 1 is 1.19 bits per heavy atom. The highest BCUT2D eigenvalue weighted by molar-refractivity contribution is 5.94. The van der Waals surface area contributed by atoms with Gasteiger partial charge in [-0.1, -0.05) is 36.4 Å². The van der Waals surface area contributed by atoms with Crippen molar-refractivity contribution in [1.82, 2.24) is 9.88 Å². The van der Waals surface area contributed by atoms with E-state index in [1.165, 1.54) is 0 Å². The van der Waals surface area contributed by atoms with Gasteiger partial charge in [0, 0.05) is 25.4 Å². The van der Waals surface area contributed by atoms with Crippen molar-refractivity contribution in [2.75, 3.05) is 18.4 Å². The average Bonchev–Trinajstić information content (AvgIpc) is 2.69. The monoisotopic (exact) mass is 349 g/mol. The van der Waals surface area contributed by atoms with Gasteiger partial charge >= 0.3 is 0 Å². The molecular formula is C21H23N3O2. The summed E-state index contributed by atoms with van der Waals surface area (Å²) in [4.78, 5) is 30.9. The van der Waals surface area contributed by atoms with Gasteiger partial charge < -0.3 is 10.2 Å². The first-order valence-corrected chi connectivity index (χ1v) is 8.87. The van der Waals surface area contributed by atoms with Gasteiger partial charge in [-0.15, -0.1) is 0 Å². The maximum absolute atomic E-state index is 12.5. The summed E-state index contributed by atoms with van der Waals surface area (Å²) in [5.41, 5.74) is 2.03. The molecule has 1 aromatic carbocycles. The number of nitrogens with zero attached hydrogens (tertiary/aromatic N) is 2. The van der Waals surface area contributed by atoms with Crippen LogP contribution in [0.4, 0.5) is 5.82 Å². The Balaban J connectivity index is 1.57. The fourth-order valence-electron chi connectivity index (χ4n) is 3.00. The molecule has 0 radical (unpaired) electrons. The van der Waals surface area contributed by atoms with Crippen LogP contribution in [0.2, 0.25) is 0 Å². The summed E-state index contributed by atoms with van der Waals surface area (Å²) in [5.74, 6) is 0.208. The lowest BCUT2D eigenvalue weighted by Crippen LogP contribution is -2.43. The minimum absolute atomic E-state index is 0.0557. The van der Waals surface area contributed by atoms with Gasteiger partial charge in [0.15, 0.2) is 0 Å². The molecule has 3 rings (SSSR count). The number of amides is 2. The van der Waals surface area contributed by atoms with Gasteiger partial charge in [0.05, 0.1) is 5.92 Å². The number of carbonyl (C=O) groups is 2. The van der Waals surface area contributed by atoms with Gasteiger partial charge in [-0.3, -0.25) is 9.59 Å². The number of hydrogen-bond acceptors (Lipinski definition) is 3. The smallest absolute Gasteiger partial charge is 0.246 e. The van der Waals surface area contributed by atoms with Crippen LogP contribution in [-0.4, -0.2) is 34.8 Å². The predicted molar refractivity (Wildman–Crippen MR) is 102 cm³/mol. The lowest BCUT2D eigenvalue weighted by atomic mass is 9.97. The van der Waals surface area contributed by atoms with Crippen molar-refractivity contribution in [2.24, 2.45) is 5.92 Å². The molecule has 0 bridgehead atoms. The van der Waals surface area contributed by atoms with Crippen LogP contribution in [0.5, 0.6) is 0 Å². The van der Waals surface area contributed by atoms with Gasteiger partial charge in [-0.2, -0.15) is 0 Å². The number of pyridine rings is 1. The van der Waals surface area contributed by atoms with Crippen LogP contribution < -0.4 is 5.32 Å². The van der Waals surface area contributed by atoms with E-state index < -0.39 is 0 Å². The van der Waals surface area contributed by atoms with Crippen molar-refractivity contribution < 1.29 is 9.59 Å². The van der Waals surface area contributed by atoms with Crippen LogP contribution in [-0.2, 0) is 9.59 Å². The molecule has 1 unspecified atom stereocenters. The van der Waals surface area contributed by atoms with Gasteiger partial charge in [0.1, 0.15) is 5.82 Å². The summed E-state index contributed by atoms with van der Waals surface area (Å²) < 4.78 is 0. The van der Waals surface area contributed by atoms with Crippen LogP contribution in [0.1, 0.15) is 24.0 Å². The van der Waals surface area contributed by atoms with E-state index in [-0.39, 0.29) is 17.7 Å². The average molecular weight is 349 g/mol. The number of aryl methyl sites for hydroxylation is 1. The second-order valence-electron chi connectivity index (χ2n) is 6.58. The molecule has 1 aromatic heterocycles. The maximum atomic E-state index is 12.5. The molecule has 5 heteroatoms. The predicted octanol–water partition coefficient (Wildman–Crippen LogP) is 3.28. The number of aromatic nitrogens is 1. The van der Waals surface area contributed by atoms with Gasteiger partial charge in [0.2, 0.25) is 11.8 Å². The molecule has 1 aliphatic rings. The third-order valence-electron chi connectivity index (χ3n) is 4.48. The summed E-state index contributed by atoms with van der Waals surface area (Å²) in [6.45, 7) is 3.08. The van der Waals surface area contributed by atoms with E-state index >= 15 is 0 Å². The number of carbonyl (C=O) groups excluding carboxylic acids is 2. The van der Waals surface area contributed by atoms with Crippen molar-refractivity contribution in [3.05, 3.63) is 65.9 Å². The van der Waals surface area contributed by atoms with E-state index in [4.69, 9.17) is 0 Å². The maximum Gasteiger partial charge on any atom is 0.246 e. The van der Waals surface area contributed by atoms with E-state index in [1.807, 2.05) is 49.4 Å². The Labute approximate surface area is 153 Å². The zero-order chi connectivity index (χ0) is 18.4.